The zero-order valence-electron chi connectivity index (χ0n) is 23.4. The molecule has 36 heavy (non-hydrogen) atoms. The van der Waals surface area contributed by atoms with E-state index in [0.717, 1.165) is 23.7 Å². The minimum atomic E-state index is -1.88. The van der Waals surface area contributed by atoms with Gasteiger partial charge in [0.25, 0.3) is 0 Å². The molecule has 0 heterocycles. The zero-order valence-corrected chi connectivity index (χ0v) is 28.2. The van der Waals surface area contributed by atoms with E-state index in [1.54, 1.807) is 36.0 Å². The Kier molecular flexibility index (Phi) is 8.11. The van der Waals surface area contributed by atoms with Crippen LogP contribution in [0.5, 0.6) is 0 Å². The first-order chi connectivity index (χ1) is 17.3. The summed E-state index contributed by atoms with van der Waals surface area (Å²) < 4.78 is 6.57. The van der Waals surface area contributed by atoms with Gasteiger partial charge in [0, 0.05) is 0 Å². The fourth-order valence-electron chi connectivity index (χ4n) is 8.13. The monoisotopic (exact) mass is 664 g/mol. The van der Waals surface area contributed by atoms with Crippen molar-refractivity contribution < 1.29 is 20.9 Å². The molecular formula is C33H46HfNSi. The predicted octanol–water partition coefficient (Wildman–Crippen LogP) is 8.68. The summed E-state index contributed by atoms with van der Waals surface area (Å²) >= 11 is -1.88. The zero-order chi connectivity index (χ0) is 25.4. The van der Waals surface area contributed by atoms with Gasteiger partial charge in [-0.2, -0.15) is 0 Å². The van der Waals surface area contributed by atoms with Gasteiger partial charge in [-0.1, -0.05) is 60.7 Å². The van der Waals surface area contributed by atoms with Crippen LogP contribution in [0.15, 0.2) is 80.7 Å². The Hall–Kier alpha value is -1.03. The van der Waals surface area contributed by atoms with Crippen LogP contribution in [0.2, 0.25) is 13.1 Å². The van der Waals surface area contributed by atoms with Crippen molar-refractivity contribution in [1.29, 1.82) is 0 Å². The van der Waals surface area contributed by atoms with Crippen LogP contribution in [0, 0.1) is 23.7 Å². The van der Waals surface area contributed by atoms with Gasteiger partial charge in [-0.15, -0.1) is 0 Å². The van der Waals surface area contributed by atoms with Crippen molar-refractivity contribution >= 4 is 5.98 Å². The molecule has 3 heteroatoms. The van der Waals surface area contributed by atoms with Gasteiger partial charge in [-0.05, 0) is 11.1 Å². The number of hydrogen-bond acceptors (Lipinski definition) is 1. The fraction of sp³-hybridized carbons (Fsp3) is 0.515. The van der Waals surface area contributed by atoms with Gasteiger partial charge in [0.15, 0.2) is 0 Å². The van der Waals surface area contributed by atoms with Gasteiger partial charge >= 0.3 is 159 Å². The summed E-state index contributed by atoms with van der Waals surface area (Å²) in [4.78, 5) is 0. The molecule has 4 saturated carbocycles. The van der Waals surface area contributed by atoms with Crippen LogP contribution in [0.4, 0.5) is 0 Å². The Morgan fingerprint density at radius 1 is 0.722 bits per heavy atom. The Balaban J connectivity index is 0.000000186. The third-order valence-corrected chi connectivity index (χ3v) is 35.0. The number of nitrogens with one attached hydrogen (secondary N) is 1. The van der Waals surface area contributed by atoms with Gasteiger partial charge in [0.1, 0.15) is 0 Å². The van der Waals surface area contributed by atoms with Gasteiger partial charge < -0.3 is 0 Å². The smallest absolute Gasteiger partial charge is 0.0184 e. The normalized spacial score (nSPS) is 30.6. The Labute approximate surface area is 229 Å². The first kappa shape index (κ1) is 26.6. The maximum atomic E-state index is 4.60. The van der Waals surface area contributed by atoms with E-state index < -0.39 is 26.9 Å². The van der Waals surface area contributed by atoms with Crippen molar-refractivity contribution in [2.75, 3.05) is 0 Å². The molecule has 0 spiro atoms. The molecule has 4 bridgehead atoms. The minimum Gasteiger partial charge on any atom is -0.0622 e. The molecule has 0 amide bonds. The first-order valence-corrected chi connectivity index (χ1v) is 27.1. The molecule has 2 aromatic rings. The van der Waals surface area contributed by atoms with E-state index in [4.69, 9.17) is 0 Å². The van der Waals surface area contributed by atoms with Crippen molar-refractivity contribution in [1.82, 2.24) is 3.30 Å². The van der Waals surface area contributed by atoms with Crippen molar-refractivity contribution in [2.24, 2.45) is 23.7 Å². The van der Waals surface area contributed by atoms with E-state index in [1.807, 2.05) is 15.5 Å². The fourth-order valence-corrected chi connectivity index (χ4v) is 33.4. The molecule has 1 atom stereocenters. The molecule has 5 aliphatic carbocycles. The summed E-state index contributed by atoms with van der Waals surface area (Å²) in [6.07, 6.45) is 9.29. The average molecular weight is 663 g/mol. The van der Waals surface area contributed by atoms with Gasteiger partial charge in [-0.3, -0.25) is 0 Å². The predicted molar refractivity (Wildman–Crippen MR) is 155 cm³/mol. The largest absolute Gasteiger partial charge is 0.0622 e. The second kappa shape index (κ2) is 11.0. The molecule has 0 saturated heterocycles. The van der Waals surface area contributed by atoms with Crippen molar-refractivity contribution in [2.45, 2.75) is 84.9 Å². The molecular weight excluding hydrogens is 617 g/mol. The van der Waals surface area contributed by atoms with Crippen LogP contribution in [0.1, 0.15) is 66.2 Å². The molecule has 191 valence electrons. The molecule has 5 aliphatic rings. The molecule has 1 nitrogen and oxygen atoms in total. The van der Waals surface area contributed by atoms with Gasteiger partial charge in [-0.25, -0.2) is 0 Å². The van der Waals surface area contributed by atoms with Crippen LogP contribution in [0.25, 0.3) is 11.1 Å². The Morgan fingerprint density at radius 3 is 1.53 bits per heavy atom. The summed E-state index contributed by atoms with van der Waals surface area (Å²) in [5, 5.41) is 0. The summed E-state index contributed by atoms with van der Waals surface area (Å²) in [5.41, 5.74) is 8.15. The number of hydrogen-bond donors (Lipinski definition) is 1. The SMILES string of the molecule is CC1=C(C)C(C)[C]([Hf]([NH]C23CC4CC(CC(C4)C2)C3)[SiH](C)C)=C1C.c1ccc(-c2ccccc2)cc1. The van der Waals surface area contributed by atoms with Crippen molar-refractivity contribution in [3.8, 4) is 11.1 Å². The van der Waals surface area contributed by atoms with Crippen LogP contribution < -0.4 is 3.30 Å². The molecule has 7 rings (SSSR count). The summed E-state index contributed by atoms with van der Waals surface area (Å²) in [6.45, 7) is 15.0. The van der Waals surface area contributed by atoms with Crippen molar-refractivity contribution in [3.63, 3.8) is 0 Å². The molecule has 0 aliphatic heterocycles. The quantitative estimate of drug-likeness (QED) is 0.316. The Bertz CT molecular complexity index is 1040. The van der Waals surface area contributed by atoms with E-state index in [-0.39, 0.29) is 0 Å². The third kappa shape index (κ3) is 5.40. The first-order valence-electron chi connectivity index (χ1n) is 14.4. The second-order valence-electron chi connectivity index (χ2n) is 12.7. The molecule has 4 fully saturated rings. The number of benzene rings is 2. The standard InChI is InChI=1S/C12H10.C10H16N.C9H13.C2H7Si.Hf/c1-3-7-11(8-4-1)12-9-5-2-6-10-12;11-10-4-7-1-8(5-10)3-9(2-7)6-10;1-6-5-7(2)9(4)8(6)3;1-3-2;/h1-10H;7-9,11H,1-6H2;6H,1-4H3;3H,1-2H3;/q;-1;;;+1. The molecule has 1 unspecified atom stereocenters. The average Bonchev–Trinajstić information content (AvgIpc) is 3.05. The van der Waals surface area contributed by atoms with Gasteiger partial charge in [0.2, 0.25) is 0 Å². The van der Waals surface area contributed by atoms with Crippen molar-refractivity contribution in [3.05, 3.63) is 80.7 Å². The maximum Gasteiger partial charge on any atom is -0.0184 e. The maximum absolute atomic E-state index is 4.60. The molecule has 1 N–H and O–H groups in total. The number of allylic oxidation sites excluding steroid dienone is 4. The second-order valence-corrected chi connectivity index (χ2v) is 38.0. The van der Waals surface area contributed by atoms with E-state index in [2.05, 4.69) is 92.6 Å². The number of rotatable bonds is 5. The third-order valence-electron chi connectivity index (χ3n) is 9.83. The molecule has 0 aromatic heterocycles. The van der Waals surface area contributed by atoms with Crippen LogP contribution in [-0.4, -0.2) is 11.5 Å². The van der Waals surface area contributed by atoms with E-state index >= 15 is 0 Å². The Morgan fingerprint density at radius 2 is 1.17 bits per heavy atom. The van der Waals surface area contributed by atoms with Gasteiger partial charge in [0.05, 0.1) is 0 Å². The van der Waals surface area contributed by atoms with Crippen LogP contribution in [-0.2, 0) is 20.9 Å². The minimum absolute atomic E-state index is 0.583. The van der Waals surface area contributed by atoms with E-state index in [1.165, 1.54) is 30.4 Å². The summed E-state index contributed by atoms with van der Waals surface area (Å²) in [6, 6.07) is 20.8. The van der Waals surface area contributed by atoms with Crippen LogP contribution >= 0.6 is 0 Å². The topological polar surface area (TPSA) is 12.0 Å². The van der Waals surface area contributed by atoms with E-state index in [0.29, 0.717) is 5.54 Å². The summed E-state index contributed by atoms with van der Waals surface area (Å²) in [7, 11) is 0. The van der Waals surface area contributed by atoms with E-state index in [9.17, 15) is 0 Å². The molecule has 0 radical (unpaired) electrons. The van der Waals surface area contributed by atoms with Crippen LogP contribution in [0.3, 0.4) is 0 Å². The summed E-state index contributed by atoms with van der Waals surface area (Å²) in [5.74, 6) is 3.39. The molecule has 2 aromatic carbocycles.